The molecule has 0 saturated carbocycles. The van der Waals surface area contributed by atoms with Gasteiger partial charge >= 0.3 is 6.09 Å². The summed E-state index contributed by atoms with van der Waals surface area (Å²) in [4.78, 5) is 33.1. The number of nitrogens with zero attached hydrogens (tertiary/aromatic N) is 2. The highest BCUT2D eigenvalue weighted by Gasteiger charge is 2.32. The number of likely N-dealkylation sites (tertiary alicyclic amines) is 1. The highest BCUT2D eigenvalue weighted by atomic mass is 79.9. The Labute approximate surface area is 153 Å². The first kappa shape index (κ1) is 17.5. The van der Waals surface area contributed by atoms with Crippen LogP contribution in [-0.4, -0.2) is 47.1 Å². The molecule has 1 aliphatic rings. The quantitative estimate of drug-likeness (QED) is 0.816. The van der Waals surface area contributed by atoms with Crippen LogP contribution in [0.5, 0.6) is 0 Å². The number of methoxy groups -OCH3 is 1. The van der Waals surface area contributed by atoms with Crippen LogP contribution in [0.4, 0.5) is 4.79 Å². The summed E-state index contributed by atoms with van der Waals surface area (Å²) in [6.07, 6.45) is 2.92. The Morgan fingerprint density at radius 2 is 2.16 bits per heavy atom. The van der Waals surface area contributed by atoms with Crippen LogP contribution in [0.15, 0.2) is 34.9 Å². The molecule has 0 radical (unpaired) electrons. The van der Waals surface area contributed by atoms with Crippen molar-refractivity contribution < 1.29 is 14.3 Å². The molecule has 7 nitrogen and oxygen atoms in total. The van der Waals surface area contributed by atoms with Crippen molar-refractivity contribution >= 4 is 27.9 Å². The second-order valence-electron chi connectivity index (χ2n) is 5.78. The molecule has 0 bridgehead atoms. The van der Waals surface area contributed by atoms with Gasteiger partial charge in [0.25, 0.3) is 0 Å². The molecular weight excluding hydrogens is 388 g/mol. The lowest BCUT2D eigenvalue weighted by atomic mass is 10.2. The highest BCUT2D eigenvalue weighted by Crippen LogP contribution is 2.31. The Hall–Kier alpha value is -2.35. The van der Waals surface area contributed by atoms with Crippen molar-refractivity contribution in [3.63, 3.8) is 0 Å². The molecule has 2 aromatic rings. The summed E-state index contributed by atoms with van der Waals surface area (Å²) in [6, 6.07) is 7.84. The van der Waals surface area contributed by atoms with Gasteiger partial charge in [-0.3, -0.25) is 4.79 Å². The standard InChI is InChI=1S/C17H19BrN4O3/c1-25-17(24)20-10-15(23)22-8-2-3-14(22)16-19-9-13(21-16)11-4-6-12(18)7-5-11/h4-7,9,14H,2-3,8,10H2,1H3,(H,19,21)(H,20,24). The van der Waals surface area contributed by atoms with Crippen LogP contribution in [0.3, 0.4) is 0 Å². The lowest BCUT2D eigenvalue weighted by Crippen LogP contribution is -2.40. The van der Waals surface area contributed by atoms with Crippen LogP contribution in [0.2, 0.25) is 0 Å². The monoisotopic (exact) mass is 406 g/mol. The SMILES string of the molecule is COC(=O)NCC(=O)N1CCCC1c1ncc(-c2ccc(Br)cc2)[nH]1. The fourth-order valence-corrected chi connectivity index (χ4v) is 3.22. The first-order chi connectivity index (χ1) is 12.1. The van der Waals surface area contributed by atoms with Gasteiger partial charge in [-0.25, -0.2) is 9.78 Å². The molecule has 2 amide bonds. The van der Waals surface area contributed by atoms with Gasteiger partial charge in [-0.05, 0) is 30.5 Å². The second-order valence-corrected chi connectivity index (χ2v) is 6.69. The van der Waals surface area contributed by atoms with Gasteiger partial charge in [-0.15, -0.1) is 0 Å². The topological polar surface area (TPSA) is 87.3 Å². The Morgan fingerprint density at radius 1 is 1.40 bits per heavy atom. The molecule has 1 unspecified atom stereocenters. The van der Waals surface area contributed by atoms with E-state index in [1.807, 2.05) is 24.3 Å². The third kappa shape index (κ3) is 4.01. The molecule has 1 fully saturated rings. The predicted octanol–water partition coefficient (Wildman–Crippen LogP) is 2.86. The number of carbonyl (C=O) groups is 2. The van der Waals surface area contributed by atoms with E-state index in [1.165, 1.54) is 7.11 Å². The highest BCUT2D eigenvalue weighted by molar-refractivity contribution is 9.10. The number of rotatable bonds is 4. The van der Waals surface area contributed by atoms with E-state index in [4.69, 9.17) is 0 Å². The number of aromatic amines is 1. The number of amides is 2. The Balaban J connectivity index is 1.71. The normalized spacial score (nSPS) is 16.7. The van der Waals surface area contributed by atoms with E-state index in [9.17, 15) is 9.59 Å². The summed E-state index contributed by atoms with van der Waals surface area (Å²) in [5, 5.41) is 2.43. The van der Waals surface area contributed by atoms with Crippen molar-refractivity contribution in [1.29, 1.82) is 0 Å². The lowest BCUT2D eigenvalue weighted by molar-refractivity contribution is -0.131. The number of H-pyrrole nitrogens is 1. The smallest absolute Gasteiger partial charge is 0.407 e. The van der Waals surface area contributed by atoms with E-state index in [2.05, 4.69) is 36.0 Å². The average molecular weight is 407 g/mol. The van der Waals surface area contributed by atoms with Crippen LogP contribution in [0.25, 0.3) is 11.3 Å². The first-order valence-electron chi connectivity index (χ1n) is 8.00. The molecule has 3 rings (SSSR count). The maximum absolute atomic E-state index is 12.4. The number of ether oxygens (including phenoxy) is 1. The van der Waals surface area contributed by atoms with Crippen LogP contribution in [-0.2, 0) is 9.53 Å². The van der Waals surface area contributed by atoms with Gasteiger partial charge < -0.3 is 19.9 Å². The molecule has 2 N–H and O–H groups in total. The van der Waals surface area contributed by atoms with Gasteiger partial charge in [0, 0.05) is 11.0 Å². The molecule has 1 aliphatic heterocycles. The molecule has 132 valence electrons. The fraction of sp³-hybridized carbons (Fsp3) is 0.353. The van der Waals surface area contributed by atoms with Crippen LogP contribution >= 0.6 is 15.9 Å². The summed E-state index contributed by atoms with van der Waals surface area (Å²) in [7, 11) is 1.27. The van der Waals surface area contributed by atoms with Crippen molar-refractivity contribution in [2.45, 2.75) is 18.9 Å². The van der Waals surface area contributed by atoms with Crippen LogP contribution in [0.1, 0.15) is 24.7 Å². The van der Waals surface area contributed by atoms with Gasteiger partial charge in [-0.2, -0.15) is 0 Å². The molecule has 8 heteroatoms. The Morgan fingerprint density at radius 3 is 2.88 bits per heavy atom. The Bertz CT molecular complexity index is 760. The Kier molecular flexibility index (Phi) is 5.37. The van der Waals surface area contributed by atoms with E-state index < -0.39 is 6.09 Å². The number of nitrogens with one attached hydrogen (secondary N) is 2. The average Bonchev–Trinajstić information content (AvgIpc) is 3.28. The molecule has 25 heavy (non-hydrogen) atoms. The van der Waals surface area contributed by atoms with Gasteiger partial charge in [0.1, 0.15) is 12.4 Å². The van der Waals surface area contributed by atoms with Gasteiger partial charge in [0.05, 0.1) is 25.0 Å². The molecule has 2 heterocycles. The fourth-order valence-electron chi connectivity index (χ4n) is 2.95. The minimum Gasteiger partial charge on any atom is -0.453 e. The van der Waals surface area contributed by atoms with Gasteiger partial charge in [0.2, 0.25) is 5.91 Å². The molecule has 0 spiro atoms. The van der Waals surface area contributed by atoms with Gasteiger partial charge in [0.15, 0.2) is 0 Å². The number of hydrogen-bond acceptors (Lipinski definition) is 4. The maximum atomic E-state index is 12.4. The zero-order valence-electron chi connectivity index (χ0n) is 13.8. The van der Waals surface area contributed by atoms with E-state index in [0.29, 0.717) is 6.54 Å². The van der Waals surface area contributed by atoms with Crippen molar-refractivity contribution in [3.8, 4) is 11.3 Å². The van der Waals surface area contributed by atoms with Crippen molar-refractivity contribution in [1.82, 2.24) is 20.2 Å². The summed E-state index contributed by atoms with van der Waals surface area (Å²) >= 11 is 3.42. The van der Waals surface area contributed by atoms with Crippen molar-refractivity contribution in [3.05, 3.63) is 40.8 Å². The largest absolute Gasteiger partial charge is 0.453 e. The van der Waals surface area contributed by atoms with Crippen molar-refractivity contribution in [2.24, 2.45) is 0 Å². The molecule has 0 aliphatic carbocycles. The number of halogens is 1. The summed E-state index contributed by atoms with van der Waals surface area (Å²) < 4.78 is 5.51. The van der Waals surface area contributed by atoms with Crippen molar-refractivity contribution in [2.75, 3.05) is 20.2 Å². The number of benzene rings is 1. The van der Waals surface area contributed by atoms with E-state index in [-0.39, 0.29) is 18.5 Å². The number of aromatic nitrogens is 2. The summed E-state index contributed by atoms with van der Waals surface area (Å²) in [5.74, 6) is 0.622. The molecule has 1 aromatic carbocycles. The minimum absolute atomic E-state index is 0.0799. The van der Waals surface area contributed by atoms with Crippen LogP contribution in [0, 0.1) is 0 Å². The van der Waals surface area contributed by atoms with E-state index in [1.54, 1.807) is 11.1 Å². The second kappa shape index (κ2) is 7.69. The summed E-state index contributed by atoms with van der Waals surface area (Å²) in [5.41, 5.74) is 1.94. The van der Waals surface area contributed by atoms with E-state index in [0.717, 1.165) is 34.4 Å². The zero-order chi connectivity index (χ0) is 17.8. The predicted molar refractivity (Wildman–Crippen MR) is 95.8 cm³/mol. The number of carbonyl (C=O) groups excluding carboxylic acids is 2. The zero-order valence-corrected chi connectivity index (χ0v) is 15.4. The third-order valence-electron chi connectivity index (χ3n) is 4.21. The molecular formula is C17H19BrN4O3. The lowest BCUT2D eigenvalue weighted by Gasteiger charge is -2.23. The number of imidazole rings is 1. The minimum atomic E-state index is -0.611. The number of alkyl carbamates (subject to hydrolysis) is 1. The third-order valence-corrected chi connectivity index (χ3v) is 4.74. The van der Waals surface area contributed by atoms with E-state index >= 15 is 0 Å². The summed E-state index contributed by atoms with van der Waals surface area (Å²) in [6.45, 7) is 0.574. The molecule has 1 atom stereocenters. The first-order valence-corrected chi connectivity index (χ1v) is 8.80. The number of hydrogen-bond donors (Lipinski definition) is 2. The van der Waals surface area contributed by atoms with Gasteiger partial charge in [-0.1, -0.05) is 28.1 Å². The molecule has 1 saturated heterocycles. The maximum Gasteiger partial charge on any atom is 0.407 e. The molecule has 1 aromatic heterocycles. The van der Waals surface area contributed by atoms with Crippen LogP contribution < -0.4 is 5.32 Å².